The molecule has 1 amide bonds. The second-order valence-corrected chi connectivity index (χ2v) is 6.17. The first kappa shape index (κ1) is 13.7. The molecule has 2 bridgehead atoms. The van der Waals surface area contributed by atoms with Gasteiger partial charge in [0.25, 0.3) is 0 Å². The molecule has 1 spiro atoms. The summed E-state index contributed by atoms with van der Waals surface area (Å²) in [6, 6.07) is 4.07. The Hall–Kier alpha value is -1.92. The maximum Gasteiger partial charge on any atom is 0.310 e. The van der Waals surface area contributed by atoms with Crippen molar-refractivity contribution >= 4 is 29.2 Å². The van der Waals surface area contributed by atoms with Crippen LogP contribution in [0.1, 0.15) is 0 Å². The minimum atomic E-state index is -1.06. The maximum atomic E-state index is 13.6. The molecule has 114 valence electrons. The number of carbonyl (C=O) groups is 2. The smallest absolute Gasteiger partial charge is 0.310 e. The molecule has 1 N–H and O–H groups in total. The molecule has 1 aromatic carbocycles. The summed E-state index contributed by atoms with van der Waals surface area (Å²) in [4.78, 5) is 25.5. The number of anilines is 1. The fourth-order valence-corrected chi connectivity index (χ4v) is 3.77. The number of rotatable bonds is 2. The van der Waals surface area contributed by atoms with Gasteiger partial charge in [-0.1, -0.05) is 23.8 Å². The summed E-state index contributed by atoms with van der Waals surface area (Å²) in [6.07, 6.45) is 2.87. The van der Waals surface area contributed by atoms with E-state index in [-0.39, 0.29) is 17.5 Å². The van der Waals surface area contributed by atoms with Gasteiger partial charge >= 0.3 is 5.97 Å². The summed E-state index contributed by atoms with van der Waals surface area (Å²) in [5, 5.41) is 9.34. The molecule has 5 nitrogen and oxygen atoms in total. The van der Waals surface area contributed by atoms with Crippen LogP contribution in [0.2, 0.25) is 5.02 Å². The van der Waals surface area contributed by atoms with E-state index in [4.69, 9.17) is 16.3 Å². The van der Waals surface area contributed by atoms with Crippen LogP contribution in [-0.4, -0.2) is 35.2 Å². The van der Waals surface area contributed by atoms with Crippen molar-refractivity contribution in [3.63, 3.8) is 0 Å². The van der Waals surface area contributed by atoms with Crippen LogP contribution in [0.25, 0.3) is 0 Å². The predicted octanol–water partition coefficient (Wildman–Crippen LogP) is 1.85. The zero-order chi connectivity index (χ0) is 15.6. The summed E-state index contributed by atoms with van der Waals surface area (Å²) in [5.41, 5.74) is -0.582. The number of hydrogen-bond acceptors (Lipinski definition) is 3. The van der Waals surface area contributed by atoms with E-state index in [1.54, 1.807) is 12.2 Å². The number of aliphatic carboxylic acids is 1. The Balaban J connectivity index is 1.74. The normalized spacial score (nSPS) is 35.3. The molecular weight excluding hydrogens is 313 g/mol. The average molecular weight is 324 g/mol. The fraction of sp³-hybridized carbons (Fsp3) is 0.333. The molecule has 0 unspecified atom stereocenters. The van der Waals surface area contributed by atoms with Crippen LogP contribution < -0.4 is 4.90 Å². The predicted molar refractivity (Wildman–Crippen MR) is 75.1 cm³/mol. The van der Waals surface area contributed by atoms with E-state index in [1.165, 1.54) is 23.1 Å². The highest BCUT2D eigenvalue weighted by atomic mass is 35.5. The molecule has 22 heavy (non-hydrogen) atoms. The van der Waals surface area contributed by atoms with Gasteiger partial charge in [0.2, 0.25) is 5.91 Å². The van der Waals surface area contributed by atoms with Crippen molar-refractivity contribution in [1.29, 1.82) is 0 Å². The summed E-state index contributed by atoms with van der Waals surface area (Å²) >= 11 is 5.65. The number of amides is 1. The highest BCUT2D eigenvalue weighted by molar-refractivity contribution is 6.30. The van der Waals surface area contributed by atoms with Gasteiger partial charge in [0.15, 0.2) is 0 Å². The van der Waals surface area contributed by atoms with Crippen molar-refractivity contribution in [1.82, 2.24) is 0 Å². The van der Waals surface area contributed by atoms with Gasteiger partial charge in [-0.2, -0.15) is 0 Å². The van der Waals surface area contributed by atoms with Crippen LogP contribution in [0.15, 0.2) is 30.4 Å². The summed E-state index contributed by atoms with van der Waals surface area (Å²) in [6.45, 7) is 0.175. The highest BCUT2D eigenvalue weighted by Crippen LogP contribution is 2.52. The molecule has 0 aromatic heterocycles. The zero-order valence-corrected chi connectivity index (χ0v) is 12.0. The van der Waals surface area contributed by atoms with Gasteiger partial charge in [-0.3, -0.25) is 9.59 Å². The number of carbonyl (C=O) groups excluding carboxylic acids is 1. The monoisotopic (exact) mass is 323 g/mol. The Labute approximate surface area is 129 Å². The molecule has 7 heteroatoms. The van der Waals surface area contributed by atoms with Gasteiger partial charge < -0.3 is 14.7 Å². The third-order valence-electron chi connectivity index (χ3n) is 4.60. The third-order valence-corrected chi connectivity index (χ3v) is 4.91. The maximum absolute atomic E-state index is 13.6. The van der Waals surface area contributed by atoms with Crippen molar-refractivity contribution in [3.8, 4) is 0 Å². The SMILES string of the molecule is O=C(O)[C@H]1[C@H]2C(=O)N(c3ccc(Cl)c(F)c3)C[C@@]23C=C[C@H]1O3. The minimum absolute atomic E-state index is 0.0331. The molecular formula is C15H11ClFNO4. The number of hydrogen-bond donors (Lipinski definition) is 1. The Morgan fingerprint density at radius 1 is 1.50 bits per heavy atom. The van der Waals surface area contributed by atoms with E-state index < -0.39 is 35.3 Å². The van der Waals surface area contributed by atoms with Crippen LogP contribution in [0.5, 0.6) is 0 Å². The van der Waals surface area contributed by atoms with E-state index in [0.29, 0.717) is 5.69 Å². The number of benzene rings is 1. The van der Waals surface area contributed by atoms with E-state index in [0.717, 1.165) is 0 Å². The summed E-state index contributed by atoms with van der Waals surface area (Å²) in [7, 11) is 0. The lowest BCUT2D eigenvalue weighted by Crippen LogP contribution is -2.39. The number of fused-ring (bicyclic) bond motifs is 1. The number of halogens is 2. The first-order chi connectivity index (χ1) is 10.4. The second kappa shape index (κ2) is 4.30. The Bertz CT molecular complexity index is 736. The quantitative estimate of drug-likeness (QED) is 0.844. The number of ether oxygens (including phenoxy) is 1. The van der Waals surface area contributed by atoms with Crippen molar-refractivity contribution < 1.29 is 23.8 Å². The Morgan fingerprint density at radius 2 is 2.27 bits per heavy atom. The van der Waals surface area contributed by atoms with Crippen LogP contribution in [0.4, 0.5) is 10.1 Å². The van der Waals surface area contributed by atoms with E-state index in [1.807, 2.05) is 0 Å². The molecule has 1 aromatic rings. The molecule has 2 fully saturated rings. The zero-order valence-electron chi connectivity index (χ0n) is 11.2. The van der Waals surface area contributed by atoms with Crippen molar-refractivity contribution in [2.75, 3.05) is 11.4 Å². The van der Waals surface area contributed by atoms with E-state index in [9.17, 15) is 19.1 Å². The van der Waals surface area contributed by atoms with Crippen molar-refractivity contribution in [2.24, 2.45) is 11.8 Å². The first-order valence-electron chi connectivity index (χ1n) is 6.79. The molecule has 4 rings (SSSR count). The minimum Gasteiger partial charge on any atom is -0.481 e. The first-order valence-corrected chi connectivity index (χ1v) is 7.17. The Kier molecular flexibility index (Phi) is 2.68. The number of carboxylic acids is 1. The van der Waals surface area contributed by atoms with Gasteiger partial charge in [-0.15, -0.1) is 0 Å². The fourth-order valence-electron chi connectivity index (χ4n) is 3.65. The summed E-state index contributed by atoms with van der Waals surface area (Å²) in [5.74, 6) is -3.73. The lowest BCUT2D eigenvalue weighted by Gasteiger charge is -2.21. The molecule has 2 saturated heterocycles. The van der Waals surface area contributed by atoms with Crippen molar-refractivity contribution in [3.05, 3.63) is 41.2 Å². The van der Waals surface area contributed by atoms with Crippen LogP contribution in [0, 0.1) is 17.7 Å². The van der Waals surface area contributed by atoms with Gasteiger partial charge in [-0.05, 0) is 18.2 Å². The molecule has 3 heterocycles. The van der Waals surface area contributed by atoms with Gasteiger partial charge in [0.1, 0.15) is 17.3 Å². The van der Waals surface area contributed by atoms with E-state index >= 15 is 0 Å². The lowest BCUT2D eigenvalue weighted by molar-refractivity contribution is -0.146. The number of carboxylic acid groups (broad SMARTS) is 1. The summed E-state index contributed by atoms with van der Waals surface area (Å²) < 4.78 is 19.4. The standard InChI is InChI=1S/C15H11ClFNO4/c16-8-2-1-7(5-9(8)17)18-6-15-4-3-10(22-15)11(14(20)21)12(15)13(18)19/h1-5,10-12H,6H2,(H,20,21)/t10-,11-,12+,15+/m1/s1. The van der Waals surface area contributed by atoms with Gasteiger partial charge in [0.05, 0.1) is 23.6 Å². The molecule has 0 aliphatic carbocycles. The van der Waals surface area contributed by atoms with Crippen LogP contribution in [0.3, 0.4) is 0 Å². The van der Waals surface area contributed by atoms with Crippen LogP contribution >= 0.6 is 11.6 Å². The van der Waals surface area contributed by atoms with Crippen molar-refractivity contribution in [2.45, 2.75) is 11.7 Å². The molecule has 0 saturated carbocycles. The number of nitrogens with zero attached hydrogens (tertiary/aromatic N) is 1. The third kappa shape index (κ3) is 1.62. The second-order valence-electron chi connectivity index (χ2n) is 5.76. The lowest BCUT2D eigenvalue weighted by atomic mass is 9.77. The van der Waals surface area contributed by atoms with E-state index in [2.05, 4.69) is 0 Å². The van der Waals surface area contributed by atoms with Gasteiger partial charge in [0, 0.05) is 5.69 Å². The Morgan fingerprint density at radius 3 is 2.95 bits per heavy atom. The van der Waals surface area contributed by atoms with Crippen LogP contribution in [-0.2, 0) is 14.3 Å². The topological polar surface area (TPSA) is 66.8 Å². The molecule has 3 aliphatic heterocycles. The largest absolute Gasteiger partial charge is 0.481 e. The molecule has 3 aliphatic rings. The molecule has 0 radical (unpaired) electrons. The highest BCUT2D eigenvalue weighted by Gasteiger charge is 2.67. The van der Waals surface area contributed by atoms with Gasteiger partial charge in [-0.25, -0.2) is 4.39 Å². The average Bonchev–Trinajstić information content (AvgIpc) is 3.10. The molecule has 4 atom stereocenters.